The van der Waals surface area contributed by atoms with Gasteiger partial charge < -0.3 is 19.3 Å². The molecule has 0 atom stereocenters. The lowest BCUT2D eigenvalue weighted by Gasteiger charge is -2.45. The zero-order valence-corrected chi connectivity index (χ0v) is 44.7. The van der Waals surface area contributed by atoms with E-state index in [-0.39, 0.29) is 28.4 Å². The summed E-state index contributed by atoms with van der Waals surface area (Å²) in [4.78, 5) is 5.04. The third-order valence-electron chi connectivity index (χ3n) is 15.3. The molecule has 11 rings (SSSR count). The molecular weight excluding hydrogens is 876 g/mol. The molecule has 0 spiro atoms. The Morgan fingerprint density at radius 2 is 0.861 bits per heavy atom. The minimum atomic E-state index is -0.0707. The van der Waals surface area contributed by atoms with Crippen LogP contribution in [0.25, 0.3) is 33.4 Å². The topological polar surface area (TPSA) is 24.9 Å². The number of para-hydroxylation sites is 1. The standard InChI is InChI=1S/C67H69BN2O2/c1-42-35-59-62-60(36-42)70(57-15-14-16-61-63(57)72-34-33-71-61)56-32-30-52(67(11,12)13)41-55(56)68(62)54-31-23-46(43-17-24-49(25-18-43)64(2,3)4)40-58(54)69(59)53-38-47(44-19-26-50(27-20-44)65(5,6)7)37-48(39-53)45-21-28-51(29-22-45)66(8,9)10/h14-32,35-41H,33-34H2,1-13H3. The van der Waals surface area contributed by atoms with Gasteiger partial charge in [-0.3, -0.25) is 0 Å². The quantitative estimate of drug-likeness (QED) is 0.161. The number of rotatable bonds is 5. The Morgan fingerprint density at radius 3 is 1.40 bits per heavy atom. The lowest BCUT2D eigenvalue weighted by atomic mass is 9.33. The number of ether oxygens (including phenoxy) is 2. The summed E-state index contributed by atoms with van der Waals surface area (Å²) in [5.74, 6) is 1.56. The molecule has 72 heavy (non-hydrogen) atoms. The summed E-state index contributed by atoms with van der Waals surface area (Å²) in [5, 5.41) is 0. The van der Waals surface area contributed by atoms with Gasteiger partial charge in [-0.25, -0.2) is 0 Å². The first-order chi connectivity index (χ1) is 34.1. The van der Waals surface area contributed by atoms with Crippen molar-refractivity contribution in [2.45, 2.75) is 112 Å². The van der Waals surface area contributed by atoms with E-state index in [0.29, 0.717) is 13.2 Å². The molecule has 3 aliphatic heterocycles. The average Bonchev–Trinajstić information content (AvgIpc) is 3.34. The van der Waals surface area contributed by atoms with Crippen molar-refractivity contribution in [1.29, 1.82) is 0 Å². The van der Waals surface area contributed by atoms with Crippen LogP contribution in [0.5, 0.6) is 11.5 Å². The van der Waals surface area contributed by atoms with Crippen molar-refractivity contribution in [2.24, 2.45) is 0 Å². The Bertz CT molecular complexity index is 3320. The Morgan fingerprint density at radius 1 is 0.375 bits per heavy atom. The van der Waals surface area contributed by atoms with Gasteiger partial charge in [0.25, 0.3) is 6.71 Å². The van der Waals surface area contributed by atoms with Crippen molar-refractivity contribution in [1.82, 2.24) is 0 Å². The summed E-state index contributed by atoms with van der Waals surface area (Å²) in [6.07, 6.45) is 0. The lowest BCUT2D eigenvalue weighted by Crippen LogP contribution is -2.61. The molecule has 0 saturated carbocycles. The Hall–Kier alpha value is -6.98. The van der Waals surface area contributed by atoms with Crippen molar-refractivity contribution in [3.05, 3.63) is 186 Å². The summed E-state index contributed by atoms with van der Waals surface area (Å²) in [6.45, 7) is 30.8. The minimum Gasteiger partial charge on any atom is -0.486 e. The third-order valence-corrected chi connectivity index (χ3v) is 15.3. The summed E-state index contributed by atoms with van der Waals surface area (Å²) >= 11 is 0. The second-order valence-electron chi connectivity index (χ2n) is 24.7. The van der Waals surface area contributed by atoms with E-state index in [1.54, 1.807) is 0 Å². The summed E-state index contributed by atoms with van der Waals surface area (Å²) in [5.41, 5.74) is 24.3. The molecule has 0 N–H and O–H groups in total. The van der Waals surface area contributed by atoms with Crippen LogP contribution in [-0.4, -0.2) is 19.9 Å². The van der Waals surface area contributed by atoms with Gasteiger partial charge in [-0.05, 0) is 161 Å². The van der Waals surface area contributed by atoms with Crippen LogP contribution in [0, 0.1) is 6.92 Å². The summed E-state index contributed by atoms with van der Waals surface area (Å²) < 4.78 is 12.8. The van der Waals surface area contributed by atoms with Crippen LogP contribution in [0.1, 0.15) is 111 Å². The highest BCUT2D eigenvalue weighted by atomic mass is 16.6. The summed E-state index contributed by atoms with van der Waals surface area (Å²) in [7, 11) is 0. The smallest absolute Gasteiger partial charge is 0.252 e. The molecule has 0 amide bonds. The van der Waals surface area contributed by atoms with Gasteiger partial charge in [-0.15, -0.1) is 0 Å². The number of nitrogens with zero attached hydrogens (tertiary/aromatic N) is 2. The zero-order chi connectivity index (χ0) is 50.6. The monoisotopic (exact) mass is 945 g/mol. The fraction of sp³-hybridized carbons (Fsp3) is 0.284. The predicted octanol–water partition coefficient (Wildman–Crippen LogP) is 16.0. The highest BCUT2D eigenvalue weighted by molar-refractivity contribution is 7.00. The minimum absolute atomic E-state index is 0.0434. The maximum absolute atomic E-state index is 6.56. The molecule has 8 aromatic rings. The van der Waals surface area contributed by atoms with Gasteiger partial charge in [0, 0.05) is 28.4 Å². The molecule has 0 aromatic heterocycles. The van der Waals surface area contributed by atoms with Crippen molar-refractivity contribution in [3.8, 4) is 44.9 Å². The van der Waals surface area contributed by atoms with E-state index in [0.717, 1.165) is 34.2 Å². The SMILES string of the molecule is Cc1cc2c3c(c1)N(c1cccc4c1OCCO4)c1ccc(C(C)(C)C)cc1B3c1ccc(-c3ccc(C(C)(C)C)cc3)cc1N2c1cc(-c2ccc(C(C)(C)C)cc2)cc(-c2ccc(C(C)(C)C)cc2)c1. The van der Waals surface area contributed by atoms with E-state index in [1.807, 2.05) is 6.07 Å². The average molecular weight is 945 g/mol. The Labute approximate surface area is 429 Å². The van der Waals surface area contributed by atoms with E-state index in [2.05, 4.69) is 251 Å². The first-order valence-electron chi connectivity index (χ1n) is 26.0. The van der Waals surface area contributed by atoms with Gasteiger partial charge in [0.2, 0.25) is 0 Å². The number of aryl methyl sites for hydroxylation is 1. The van der Waals surface area contributed by atoms with Crippen molar-refractivity contribution >= 4 is 57.2 Å². The normalized spacial score (nSPS) is 14.2. The number of anilines is 6. The number of hydrogen-bond donors (Lipinski definition) is 0. The van der Waals surface area contributed by atoms with Gasteiger partial charge in [-0.1, -0.05) is 186 Å². The maximum atomic E-state index is 6.56. The Kier molecular flexibility index (Phi) is 11.2. The van der Waals surface area contributed by atoms with Gasteiger partial charge in [0.1, 0.15) is 13.2 Å². The predicted molar refractivity (Wildman–Crippen MR) is 307 cm³/mol. The van der Waals surface area contributed by atoms with E-state index in [9.17, 15) is 0 Å². The van der Waals surface area contributed by atoms with Gasteiger partial charge >= 0.3 is 0 Å². The number of fused-ring (bicyclic) bond motifs is 5. The van der Waals surface area contributed by atoms with Crippen LogP contribution < -0.4 is 35.7 Å². The first kappa shape index (κ1) is 47.4. The molecule has 5 heteroatoms. The Balaban J connectivity index is 1.21. The highest BCUT2D eigenvalue weighted by Crippen LogP contribution is 2.51. The number of hydrogen-bond acceptors (Lipinski definition) is 4. The fourth-order valence-corrected chi connectivity index (χ4v) is 11.1. The van der Waals surface area contributed by atoms with Crippen molar-refractivity contribution in [2.75, 3.05) is 23.0 Å². The molecule has 0 unspecified atom stereocenters. The van der Waals surface area contributed by atoms with Gasteiger partial charge in [-0.2, -0.15) is 0 Å². The molecule has 3 heterocycles. The van der Waals surface area contributed by atoms with Gasteiger partial charge in [0.15, 0.2) is 11.5 Å². The fourth-order valence-electron chi connectivity index (χ4n) is 11.1. The summed E-state index contributed by atoms with van der Waals surface area (Å²) in [6, 6.07) is 60.5. The molecule has 0 saturated heterocycles. The highest BCUT2D eigenvalue weighted by Gasteiger charge is 2.45. The molecule has 3 aliphatic rings. The van der Waals surface area contributed by atoms with E-state index < -0.39 is 0 Å². The molecule has 4 nitrogen and oxygen atoms in total. The van der Waals surface area contributed by atoms with E-state index >= 15 is 0 Å². The van der Waals surface area contributed by atoms with Crippen molar-refractivity contribution in [3.63, 3.8) is 0 Å². The first-order valence-corrected chi connectivity index (χ1v) is 26.0. The lowest BCUT2D eigenvalue weighted by molar-refractivity contribution is 0.172. The second-order valence-corrected chi connectivity index (χ2v) is 24.7. The molecular formula is C67H69BN2O2. The third kappa shape index (κ3) is 8.39. The second kappa shape index (κ2) is 17.1. The molecule has 0 radical (unpaired) electrons. The van der Waals surface area contributed by atoms with Crippen LogP contribution in [0.2, 0.25) is 0 Å². The maximum Gasteiger partial charge on any atom is 0.252 e. The molecule has 362 valence electrons. The zero-order valence-electron chi connectivity index (χ0n) is 44.7. The van der Waals surface area contributed by atoms with Crippen LogP contribution in [0.3, 0.4) is 0 Å². The van der Waals surface area contributed by atoms with Crippen LogP contribution >= 0.6 is 0 Å². The van der Waals surface area contributed by atoms with Gasteiger partial charge in [0.05, 0.1) is 5.69 Å². The van der Waals surface area contributed by atoms with Crippen LogP contribution in [-0.2, 0) is 21.7 Å². The van der Waals surface area contributed by atoms with Crippen molar-refractivity contribution < 1.29 is 9.47 Å². The molecule has 0 aliphatic carbocycles. The molecule has 8 aromatic carbocycles. The number of benzene rings is 8. The largest absolute Gasteiger partial charge is 0.486 e. The van der Waals surface area contributed by atoms with Crippen LogP contribution in [0.4, 0.5) is 34.1 Å². The van der Waals surface area contributed by atoms with E-state index in [4.69, 9.17) is 9.47 Å². The molecule has 0 bridgehead atoms. The van der Waals surface area contributed by atoms with E-state index in [1.165, 1.54) is 89.0 Å². The molecule has 0 fully saturated rings. The van der Waals surface area contributed by atoms with Crippen LogP contribution in [0.15, 0.2) is 158 Å².